The van der Waals surface area contributed by atoms with Crippen molar-refractivity contribution < 1.29 is 24.0 Å². The van der Waals surface area contributed by atoms with Crippen LogP contribution in [0.4, 0.5) is 0 Å². The first-order valence-electron chi connectivity index (χ1n) is 6.70. The molecule has 21 heavy (non-hydrogen) atoms. The van der Waals surface area contributed by atoms with Gasteiger partial charge in [0.15, 0.2) is 5.82 Å². The summed E-state index contributed by atoms with van der Waals surface area (Å²) < 4.78 is 9.96. The highest BCUT2D eigenvalue weighted by Crippen LogP contribution is 2.03. The molecule has 1 atom stereocenters. The summed E-state index contributed by atoms with van der Waals surface area (Å²) in [4.78, 5) is 29.1. The molecule has 2 heterocycles. The van der Waals surface area contributed by atoms with Gasteiger partial charge in [0.1, 0.15) is 0 Å². The maximum Gasteiger partial charge on any atom is 0.315 e. The quantitative estimate of drug-likeness (QED) is 0.685. The molecule has 0 bridgehead atoms. The van der Waals surface area contributed by atoms with Crippen LogP contribution in [0.1, 0.15) is 23.4 Å². The number of aromatic nitrogens is 2. The zero-order chi connectivity index (χ0) is 15.2. The molecule has 1 saturated heterocycles. The Kier molecular flexibility index (Phi) is 5.23. The fraction of sp³-hybridized carbons (Fsp3) is 0.667. The smallest absolute Gasteiger partial charge is 0.315 e. The summed E-state index contributed by atoms with van der Waals surface area (Å²) in [6.45, 7) is 3.75. The number of aliphatic hydroxyl groups excluding tert-OH is 1. The Morgan fingerprint density at radius 1 is 1.43 bits per heavy atom. The second kappa shape index (κ2) is 7.14. The van der Waals surface area contributed by atoms with Gasteiger partial charge in [-0.1, -0.05) is 5.16 Å². The molecule has 0 unspecified atom stereocenters. The molecule has 1 aliphatic rings. The first kappa shape index (κ1) is 15.4. The van der Waals surface area contributed by atoms with Gasteiger partial charge in [-0.15, -0.1) is 0 Å². The van der Waals surface area contributed by atoms with Gasteiger partial charge in [0.05, 0.1) is 25.7 Å². The summed E-state index contributed by atoms with van der Waals surface area (Å²) >= 11 is 0. The molecular weight excluding hydrogens is 280 g/mol. The van der Waals surface area contributed by atoms with Gasteiger partial charge in [-0.3, -0.25) is 9.59 Å². The van der Waals surface area contributed by atoms with E-state index >= 15 is 0 Å². The average Bonchev–Trinajstić information content (AvgIpc) is 2.94. The van der Waals surface area contributed by atoms with E-state index in [4.69, 9.17) is 14.4 Å². The molecule has 2 rings (SSSR count). The van der Waals surface area contributed by atoms with Crippen LogP contribution in [0.5, 0.6) is 0 Å². The maximum atomic E-state index is 12.0. The maximum absolute atomic E-state index is 12.0. The molecule has 1 aliphatic heterocycles. The third kappa shape index (κ3) is 4.50. The summed E-state index contributed by atoms with van der Waals surface area (Å²) in [6.07, 6.45) is -0.688. The van der Waals surface area contributed by atoms with Crippen molar-refractivity contribution in [2.24, 2.45) is 0 Å². The van der Waals surface area contributed by atoms with Crippen molar-refractivity contribution in [1.29, 1.82) is 0 Å². The summed E-state index contributed by atoms with van der Waals surface area (Å²) in [5.41, 5.74) is 0. The van der Waals surface area contributed by atoms with Gasteiger partial charge in [0, 0.05) is 19.6 Å². The number of hydrogen-bond acceptors (Lipinski definition) is 7. The molecule has 9 nitrogen and oxygen atoms in total. The van der Waals surface area contributed by atoms with E-state index in [0.29, 0.717) is 26.3 Å². The summed E-state index contributed by atoms with van der Waals surface area (Å²) in [5, 5.41) is 15.1. The Morgan fingerprint density at radius 2 is 2.14 bits per heavy atom. The largest absolute Gasteiger partial charge is 0.392 e. The fourth-order valence-corrected chi connectivity index (χ4v) is 1.79. The Hall–Kier alpha value is -2.00. The van der Waals surface area contributed by atoms with Gasteiger partial charge in [-0.25, -0.2) is 0 Å². The van der Waals surface area contributed by atoms with Crippen molar-refractivity contribution in [1.82, 2.24) is 20.4 Å². The number of carbonyl (C=O) groups excluding carboxylic acids is 2. The second-order valence-corrected chi connectivity index (χ2v) is 4.74. The molecule has 1 fully saturated rings. The van der Waals surface area contributed by atoms with Crippen molar-refractivity contribution in [3.63, 3.8) is 0 Å². The molecule has 9 heteroatoms. The molecule has 0 saturated carbocycles. The fourth-order valence-electron chi connectivity index (χ4n) is 1.79. The van der Waals surface area contributed by atoms with E-state index in [1.165, 1.54) is 0 Å². The standard InChI is InChI=1S/C12H18N4O5/c1-8(17)7-13-11(19)12-14-9(15-21-12)6-10(18)16-2-4-20-5-3-16/h8,17H,2-7H2,1H3,(H,13,19)/t8-/m0/s1. The highest BCUT2D eigenvalue weighted by molar-refractivity contribution is 5.89. The average molecular weight is 298 g/mol. The van der Waals surface area contributed by atoms with Gasteiger partial charge >= 0.3 is 11.8 Å². The first-order valence-corrected chi connectivity index (χ1v) is 6.70. The van der Waals surface area contributed by atoms with Crippen LogP contribution in [-0.4, -0.2) is 70.9 Å². The third-order valence-electron chi connectivity index (χ3n) is 2.89. The van der Waals surface area contributed by atoms with Gasteiger partial charge in [-0.2, -0.15) is 4.98 Å². The Labute approximate surface area is 121 Å². The number of carbonyl (C=O) groups is 2. The monoisotopic (exact) mass is 298 g/mol. The lowest BCUT2D eigenvalue weighted by molar-refractivity contribution is -0.134. The van der Waals surface area contributed by atoms with Crippen molar-refractivity contribution >= 4 is 11.8 Å². The minimum Gasteiger partial charge on any atom is -0.392 e. The minimum absolute atomic E-state index is 0.0207. The lowest BCUT2D eigenvalue weighted by Gasteiger charge is -2.26. The Balaban J connectivity index is 1.87. The zero-order valence-corrected chi connectivity index (χ0v) is 11.7. The molecule has 0 spiro atoms. The summed E-state index contributed by atoms with van der Waals surface area (Å²) in [6, 6.07) is 0. The molecule has 1 aromatic heterocycles. The normalized spacial score (nSPS) is 16.6. The molecule has 116 valence electrons. The lowest BCUT2D eigenvalue weighted by Crippen LogP contribution is -2.41. The second-order valence-electron chi connectivity index (χ2n) is 4.74. The molecule has 0 radical (unpaired) electrons. The molecule has 2 amide bonds. The van der Waals surface area contributed by atoms with Gasteiger partial charge in [0.2, 0.25) is 5.91 Å². The van der Waals surface area contributed by atoms with Crippen molar-refractivity contribution in [2.75, 3.05) is 32.8 Å². The number of nitrogens with zero attached hydrogens (tertiary/aromatic N) is 3. The number of nitrogens with one attached hydrogen (secondary N) is 1. The van der Waals surface area contributed by atoms with Gasteiger partial charge in [0.25, 0.3) is 0 Å². The number of ether oxygens (including phenoxy) is 1. The molecule has 1 aromatic rings. The summed E-state index contributed by atoms with van der Waals surface area (Å²) in [5.74, 6) is -0.766. The van der Waals surface area contributed by atoms with E-state index in [2.05, 4.69) is 15.5 Å². The van der Waals surface area contributed by atoms with E-state index in [0.717, 1.165) is 0 Å². The van der Waals surface area contributed by atoms with Gasteiger partial charge < -0.3 is 24.6 Å². The van der Waals surface area contributed by atoms with Crippen LogP contribution in [0.15, 0.2) is 4.52 Å². The SMILES string of the molecule is C[C@H](O)CNC(=O)c1nc(CC(=O)N2CCOCC2)no1. The van der Waals surface area contributed by atoms with Crippen molar-refractivity contribution in [2.45, 2.75) is 19.4 Å². The predicted molar refractivity (Wildman–Crippen MR) is 69.4 cm³/mol. The van der Waals surface area contributed by atoms with E-state index in [1.807, 2.05) is 0 Å². The van der Waals surface area contributed by atoms with E-state index in [9.17, 15) is 9.59 Å². The van der Waals surface area contributed by atoms with Crippen LogP contribution in [0.3, 0.4) is 0 Å². The minimum atomic E-state index is -0.667. The topological polar surface area (TPSA) is 118 Å². The van der Waals surface area contributed by atoms with E-state index < -0.39 is 12.0 Å². The first-order chi connectivity index (χ1) is 10.1. The molecule has 0 aliphatic carbocycles. The molecular formula is C12H18N4O5. The van der Waals surface area contributed by atoms with E-state index in [-0.39, 0.29) is 30.6 Å². The number of hydrogen-bond donors (Lipinski definition) is 2. The molecule has 0 aromatic carbocycles. The van der Waals surface area contributed by atoms with Crippen LogP contribution < -0.4 is 5.32 Å². The Morgan fingerprint density at radius 3 is 2.81 bits per heavy atom. The number of aliphatic hydroxyl groups is 1. The van der Waals surface area contributed by atoms with Gasteiger partial charge in [-0.05, 0) is 6.92 Å². The van der Waals surface area contributed by atoms with Crippen LogP contribution in [-0.2, 0) is 16.0 Å². The highest BCUT2D eigenvalue weighted by Gasteiger charge is 2.21. The van der Waals surface area contributed by atoms with Crippen molar-refractivity contribution in [3.8, 4) is 0 Å². The highest BCUT2D eigenvalue weighted by atomic mass is 16.5. The number of rotatable bonds is 5. The number of morpholine rings is 1. The predicted octanol–water partition coefficient (Wildman–Crippen LogP) is -1.42. The third-order valence-corrected chi connectivity index (χ3v) is 2.89. The Bertz CT molecular complexity index is 496. The van der Waals surface area contributed by atoms with Crippen LogP contribution in [0.2, 0.25) is 0 Å². The lowest BCUT2D eigenvalue weighted by atomic mass is 10.3. The van der Waals surface area contributed by atoms with Crippen LogP contribution >= 0.6 is 0 Å². The van der Waals surface area contributed by atoms with E-state index in [1.54, 1.807) is 11.8 Å². The number of amides is 2. The zero-order valence-electron chi connectivity index (χ0n) is 11.7. The van der Waals surface area contributed by atoms with Crippen LogP contribution in [0, 0.1) is 0 Å². The van der Waals surface area contributed by atoms with Crippen molar-refractivity contribution in [3.05, 3.63) is 11.7 Å². The molecule has 2 N–H and O–H groups in total. The summed E-state index contributed by atoms with van der Waals surface area (Å²) in [7, 11) is 0. The van der Waals surface area contributed by atoms with Crippen LogP contribution in [0.25, 0.3) is 0 Å².